The van der Waals surface area contributed by atoms with Crippen LogP contribution in [0.4, 0.5) is 17.1 Å². The molecule has 2 unspecified atom stereocenters. The highest BCUT2D eigenvalue weighted by Crippen LogP contribution is 2.61. The van der Waals surface area contributed by atoms with Gasteiger partial charge in [0.25, 0.3) is 0 Å². The maximum Gasteiger partial charge on any atom is 0.0676 e. The van der Waals surface area contributed by atoms with Gasteiger partial charge in [0.05, 0.1) is 22.5 Å². The normalized spacial score (nSPS) is 17.7. The maximum atomic E-state index is 2.61. The van der Waals surface area contributed by atoms with Gasteiger partial charge in [-0.25, -0.2) is 0 Å². The number of nitrogens with zero attached hydrogens (tertiary/aromatic N) is 1. The van der Waals surface area contributed by atoms with Crippen molar-refractivity contribution >= 4 is 27.8 Å². The quantitative estimate of drug-likeness (QED) is 0.139. The van der Waals surface area contributed by atoms with Crippen LogP contribution >= 0.6 is 0 Å². The summed E-state index contributed by atoms with van der Waals surface area (Å²) in [6.45, 7) is 9.34. The molecule has 0 radical (unpaired) electrons. The van der Waals surface area contributed by atoms with Crippen molar-refractivity contribution in [3.8, 4) is 44.5 Å². The molecule has 0 amide bonds. The van der Waals surface area contributed by atoms with Crippen LogP contribution in [-0.4, -0.2) is 0 Å². The summed E-state index contributed by atoms with van der Waals surface area (Å²) in [5.74, 6) is 0.996. The number of allylic oxidation sites excluding steroid dienone is 4. The molecule has 2 atom stereocenters. The SMILES string of the molecule is CC1C=CC=C(C2(c3ccccc3)c3ccccc3-c3c(-c4ccccc4N(c4ccc(C(C)(C)C)cc4-c4ccccc4)c4ccccc4-c4cccc5cccc(C6CCCCC6)c45)cccc32)C1. The van der Waals surface area contributed by atoms with E-state index in [9.17, 15) is 0 Å². The lowest BCUT2D eigenvalue weighted by Gasteiger charge is -2.38. The second-order valence-corrected chi connectivity index (χ2v) is 21.5. The molecule has 3 aliphatic rings. The lowest BCUT2D eigenvalue weighted by atomic mass is 9.64. The molecule has 0 aromatic heterocycles. The molecule has 0 saturated heterocycles. The largest absolute Gasteiger partial charge is 0.309 e. The third-order valence-electron chi connectivity index (χ3n) is 16.1. The van der Waals surface area contributed by atoms with E-state index in [-0.39, 0.29) is 5.41 Å². The van der Waals surface area contributed by atoms with Crippen LogP contribution in [0.1, 0.15) is 100.0 Å². The summed E-state index contributed by atoms with van der Waals surface area (Å²) in [4.78, 5) is 2.61. The molecule has 348 valence electrons. The maximum absolute atomic E-state index is 2.61. The van der Waals surface area contributed by atoms with Crippen LogP contribution in [0.5, 0.6) is 0 Å². The van der Waals surface area contributed by atoms with Gasteiger partial charge in [0.15, 0.2) is 0 Å². The fourth-order valence-corrected chi connectivity index (χ4v) is 12.8. The predicted octanol–water partition coefficient (Wildman–Crippen LogP) is 19.5. The molecule has 9 aromatic carbocycles. The second-order valence-electron chi connectivity index (χ2n) is 21.5. The molecule has 0 N–H and O–H groups in total. The standard InChI is InChI=1S/C70H63N/c1-48-24-20-33-54(46-48)70(52-31-12-7-13-32-52)62-40-17-14-36-60(62)68-59(39-23-41-63(68)70)57-35-16-19-43-65(57)71(66-45-44-53(69(2,3)4)47-61(66)50-27-10-6-11-28-50)64-42-18-15-34-56(64)58-38-22-30-51-29-21-37-55(67(51)58)49-25-8-5-9-26-49/h6-7,10-24,27-45,47-49H,5,8-9,25-26,46H2,1-4H3. The van der Waals surface area contributed by atoms with Crippen LogP contribution in [0.3, 0.4) is 0 Å². The van der Waals surface area contributed by atoms with Crippen LogP contribution in [0.25, 0.3) is 55.3 Å². The summed E-state index contributed by atoms with van der Waals surface area (Å²) in [5.41, 5.74) is 21.2. The van der Waals surface area contributed by atoms with Crippen molar-refractivity contribution in [3.05, 3.63) is 258 Å². The van der Waals surface area contributed by atoms with Crippen LogP contribution in [0.15, 0.2) is 230 Å². The summed E-state index contributed by atoms with van der Waals surface area (Å²) in [5, 5.41) is 2.70. The van der Waals surface area contributed by atoms with Crippen molar-refractivity contribution in [1.82, 2.24) is 0 Å². The summed E-state index contributed by atoms with van der Waals surface area (Å²) < 4.78 is 0. The Morgan fingerprint density at radius 3 is 1.79 bits per heavy atom. The first-order valence-electron chi connectivity index (χ1n) is 26.2. The Morgan fingerprint density at radius 1 is 0.493 bits per heavy atom. The van der Waals surface area contributed by atoms with E-state index in [1.165, 1.54) is 121 Å². The van der Waals surface area contributed by atoms with Gasteiger partial charge in [-0.2, -0.15) is 0 Å². The topological polar surface area (TPSA) is 3.24 Å². The minimum absolute atomic E-state index is 0.0498. The van der Waals surface area contributed by atoms with E-state index >= 15 is 0 Å². The van der Waals surface area contributed by atoms with Gasteiger partial charge in [0.1, 0.15) is 0 Å². The minimum Gasteiger partial charge on any atom is -0.309 e. The highest BCUT2D eigenvalue weighted by molar-refractivity contribution is 6.06. The van der Waals surface area contributed by atoms with E-state index in [0.29, 0.717) is 11.8 Å². The van der Waals surface area contributed by atoms with Crippen LogP contribution in [0, 0.1) is 5.92 Å². The number of para-hydroxylation sites is 2. The van der Waals surface area contributed by atoms with Crippen LogP contribution in [0.2, 0.25) is 0 Å². The predicted molar refractivity (Wildman–Crippen MR) is 302 cm³/mol. The number of hydrogen-bond acceptors (Lipinski definition) is 1. The molecule has 1 nitrogen and oxygen atoms in total. The van der Waals surface area contributed by atoms with Gasteiger partial charge in [-0.3, -0.25) is 0 Å². The van der Waals surface area contributed by atoms with E-state index in [0.717, 1.165) is 23.5 Å². The number of fused-ring (bicyclic) bond motifs is 4. The van der Waals surface area contributed by atoms with Gasteiger partial charge >= 0.3 is 0 Å². The Hall–Kier alpha value is -7.48. The number of anilines is 3. The van der Waals surface area contributed by atoms with E-state index in [1.54, 1.807) is 0 Å². The smallest absolute Gasteiger partial charge is 0.0676 e. The van der Waals surface area contributed by atoms with E-state index in [4.69, 9.17) is 0 Å². The zero-order valence-electron chi connectivity index (χ0n) is 41.7. The monoisotopic (exact) mass is 917 g/mol. The van der Waals surface area contributed by atoms with Gasteiger partial charge in [-0.15, -0.1) is 0 Å². The van der Waals surface area contributed by atoms with Gasteiger partial charge in [-0.05, 0) is 127 Å². The van der Waals surface area contributed by atoms with Gasteiger partial charge in [0.2, 0.25) is 0 Å². The van der Waals surface area contributed by atoms with E-state index in [2.05, 4.69) is 257 Å². The zero-order chi connectivity index (χ0) is 48.1. The molecular formula is C70H63N. The Labute approximate surface area is 421 Å². The molecule has 1 saturated carbocycles. The van der Waals surface area contributed by atoms with E-state index in [1.807, 2.05) is 0 Å². The summed E-state index contributed by atoms with van der Waals surface area (Å²) in [6.07, 6.45) is 14.5. The molecule has 0 spiro atoms. The first-order valence-corrected chi connectivity index (χ1v) is 26.2. The highest BCUT2D eigenvalue weighted by atomic mass is 15.1. The summed E-state index contributed by atoms with van der Waals surface area (Å²) in [7, 11) is 0. The average Bonchev–Trinajstić information content (AvgIpc) is 3.73. The molecular weight excluding hydrogens is 855 g/mol. The van der Waals surface area contributed by atoms with Crippen LogP contribution in [-0.2, 0) is 10.8 Å². The third-order valence-corrected chi connectivity index (χ3v) is 16.1. The fraction of sp³-hybridized carbons (Fsp3) is 0.200. The summed E-state index contributed by atoms with van der Waals surface area (Å²) >= 11 is 0. The van der Waals surface area contributed by atoms with Crippen molar-refractivity contribution in [1.29, 1.82) is 0 Å². The first kappa shape index (κ1) is 44.7. The Morgan fingerprint density at radius 2 is 1.07 bits per heavy atom. The molecule has 71 heavy (non-hydrogen) atoms. The van der Waals surface area contributed by atoms with Crippen molar-refractivity contribution in [2.75, 3.05) is 4.90 Å². The van der Waals surface area contributed by atoms with Crippen molar-refractivity contribution in [2.24, 2.45) is 5.92 Å². The molecule has 1 fully saturated rings. The molecule has 3 aliphatic carbocycles. The third kappa shape index (κ3) is 7.69. The van der Waals surface area contributed by atoms with E-state index < -0.39 is 5.41 Å². The fourth-order valence-electron chi connectivity index (χ4n) is 12.8. The lowest BCUT2D eigenvalue weighted by molar-refractivity contribution is 0.445. The number of hydrogen-bond donors (Lipinski definition) is 0. The van der Waals surface area contributed by atoms with Crippen molar-refractivity contribution in [3.63, 3.8) is 0 Å². The van der Waals surface area contributed by atoms with Crippen LogP contribution < -0.4 is 4.90 Å². The summed E-state index contributed by atoms with van der Waals surface area (Å²) in [6, 6.07) is 78.5. The lowest BCUT2D eigenvalue weighted by Crippen LogP contribution is -2.31. The Balaban J connectivity index is 1.16. The van der Waals surface area contributed by atoms with Gasteiger partial charge < -0.3 is 4.90 Å². The molecule has 9 aromatic rings. The second kappa shape index (κ2) is 18.4. The minimum atomic E-state index is -0.447. The molecule has 0 aliphatic heterocycles. The average molecular weight is 918 g/mol. The van der Waals surface area contributed by atoms with Gasteiger partial charge in [-0.1, -0.05) is 253 Å². The first-order chi connectivity index (χ1) is 34.8. The number of benzene rings is 9. The Kier molecular flexibility index (Phi) is 11.6. The highest BCUT2D eigenvalue weighted by Gasteiger charge is 2.48. The molecule has 1 heteroatoms. The number of rotatable bonds is 9. The van der Waals surface area contributed by atoms with Crippen molar-refractivity contribution < 1.29 is 0 Å². The van der Waals surface area contributed by atoms with Gasteiger partial charge in [0, 0.05) is 16.7 Å². The Bertz CT molecular complexity index is 3480. The van der Waals surface area contributed by atoms with Crippen molar-refractivity contribution in [2.45, 2.75) is 83.0 Å². The zero-order valence-corrected chi connectivity index (χ0v) is 41.7. The molecule has 0 bridgehead atoms. The molecule has 12 rings (SSSR count). The molecule has 0 heterocycles.